The Morgan fingerprint density at radius 3 is 2.67 bits per heavy atom. The zero-order valence-corrected chi connectivity index (χ0v) is 12.9. The van der Waals surface area contributed by atoms with E-state index in [9.17, 15) is 18.1 Å². The number of halogens is 1. The van der Waals surface area contributed by atoms with E-state index in [2.05, 4.69) is 6.07 Å². The number of nitriles is 1. The fraction of sp³-hybridized carbons (Fsp3) is 0.533. The Hall–Kier alpha value is -1.45. The number of hydrogen-bond donors (Lipinski definition) is 0. The van der Waals surface area contributed by atoms with Crippen molar-refractivity contribution in [1.82, 2.24) is 0 Å². The number of benzene rings is 1. The van der Waals surface area contributed by atoms with Crippen molar-refractivity contribution in [2.45, 2.75) is 25.0 Å². The van der Waals surface area contributed by atoms with Gasteiger partial charge >= 0.3 is 0 Å². The molecule has 6 heteroatoms. The molecule has 0 amide bonds. The lowest BCUT2D eigenvalue weighted by molar-refractivity contribution is 0.117. The number of ether oxygens (including phenoxy) is 1. The summed E-state index contributed by atoms with van der Waals surface area (Å²) in [6, 6.07) is 7.91. The van der Waals surface area contributed by atoms with Crippen LogP contribution in [0.25, 0.3) is 0 Å². The molecule has 1 saturated carbocycles. The summed E-state index contributed by atoms with van der Waals surface area (Å²) in [4.78, 5) is 0. The molecule has 1 aliphatic rings. The third kappa shape index (κ3) is 2.68. The largest absolute Gasteiger partial charge is 0.380 e. The first kappa shape index (κ1) is 15.9. The van der Waals surface area contributed by atoms with Crippen LogP contribution in [-0.2, 0) is 14.6 Å². The van der Waals surface area contributed by atoms with Crippen LogP contribution in [-0.4, -0.2) is 32.6 Å². The fourth-order valence-electron chi connectivity index (χ4n) is 2.89. The molecule has 1 fully saturated rings. The predicted octanol–water partition coefficient (Wildman–Crippen LogP) is 2.27. The van der Waals surface area contributed by atoms with Crippen LogP contribution in [0.2, 0.25) is 0 Å². The Balaban J connectivity index is 2.44. The molecule has 0 saturated heterocycles. The lowest BCUT2D eigenvalue weighted by Gasteiger charge is -2.09. The molecule has 4 nitrogen and oxygen atoms in total. The average molecular weight is 311 g/mol. The lowest BCUT2D eigenvalue weighted by atomic mass is 10.0. The van der Waals surface area contributed by atoms with Gasteiger partial charge in [-0.2, -0.15) is 5.26 Å². The Kier molecular flexibility index (Phi) is 4.35. The van der Waals surface area contributed by atoms with E-state index in [0.29, 0.717) is 12.2 Å². The van der Waals surface area contributed by atoms with Crippen LogP contribution in [0.5, 0.6) is 0 Å². The molecule has 114 valence electrons. The molecule has 1 aromatic rings. The summed E-state index contributed by atoms with van der Waals surface area (Å²) in [5, 5.41) is 8.70. The molecule has 3 atom stereocenters. The van der Waals surface area contributed by atoms with Gasteiger partial charge in [-0.3, -0.25) is 0 Å². The number of sulfone groups is 1. The molecule has 1 aliphatic carbocycles. The molecule has 0 heterocycles. The maximum atomic E-state index is 13.4. The highest BCUT2D eigenvalue weighted by Gasteiger charge is 2.71. The second-order valence-corrected chi connectivity index (χ2v) is 7.61. The highest BCUT2D eigenvalue weighted by molar-refractivity contribution is 7.92. The molecule has 2 rings (SSSR count). The van der Waals surface area contributed by atoms with Crippen molar-refractivity contribution in [3.05, 3.63) is 35.6 Å². The van der Waals surface area contributed by atoms with Gasteiger partial charge in [0, 0.05) is 18.3 Å². The van der Waals surface area contributed by atoms with Crippen molar-refractivity contribution in [3.8, 4) is 6.07 Å². The molecular formula is C15H18FNO3S. The van der Waals surface area contributed by atoms with Crippen molar-refractivity contribution in [1.29, 1.82) is 5.26 Å². The molecular weight excluding hydrogens is 293 g/mol. The SMILES string of the molecule is CCOC[C@]1(C#N)[C@H](c2cccc(F)c2)[C@H]1S(=O)(=O)CC. The van der Waals surface area contributed by atoms with Crippen molar-refractivity contribution < 1.29 is 17.5 Å². The van der Waals surface area contributed by atoms with Crippen molar-refractivity contribution in [3.63, 3.8) is 0 Å². The minimum absolute atomic E-state index is 0.0426. The van der Waals surface area contributed by atoms with Gasteiger partial charge in [-0.15, -0.1) is 0 Å². The molecule has 0 radical (unpaired) electrons. The maximum absolute atomic E-state index is 13.4. The van der Waals surface area contributed by atoms with E-state index in [1.807, 2.05) is 0 Å². The molecule has 21 heavy (non-hydrogen) atoms. The Morgan fingerprint density at radius 2 is 2.14 bits per heavy atom. The highest BCUT2D eigenvalue weighted by atomic mass is 32.2. The third-order valence-corrected chi connectivity index (χ3v) is 6.28. The summed E-state index contributed by atoms with van der Waals surface area (Å²) in [5.74, 6) is -1.01. The van der Waals surface area contributed by atoms with Crippen LogP contribution >= 0.6 is 0 Å². The third-order valence-electron chi connectivity index (χ3n) is 4.01. The lowest BCUT2D eigenvalue weighted by Crippen LogP contribution is -2.20. The van der Waals surface area contributed by atoms with Crippen molar-refractivity contribution >= 4 is 9.84 Å². The van der Waals surface area contributed by atoms with Crippen LogP contribution in [0.3, 0.4) is 0 Å². The minimum Gasteiger partial charge on any atom is -0.380 e. The standard InChI is InChI=1S/C15H18FNO3S/c1-3-20-10-15(9-17)13(14(15)21(18,19)4-2)11-6-5-7-12(16)8-11/h5-8,13-14H,3-4,10H2,1-2H3/t13-,14-,15-/m1/s1. The van der Waals surface area contributed by atoms with Crippen LogP contribution < -0.4 is 0 Å². The molecule has 0 aromatic heterocycles. The van der Waals surface area contributed by atoms with E-state index >= 15 is 0 Å². The van der Waals surface area contributed by atoms with E-state index in [-0.39, 0.29) is 12.4 Å². The molecule has 1 aromatic carbocycles. The van der Waals surface area contributed by atoms with Gasteiger partial charge in [0.25, 0.3) is 0 Å². The van der Waals surface area contributed by atoms with Crippen LogP contribution in [0.1, 0.15) is 25.3 Å². The predicted molar refractivity (Wildman–Crippen MR) is 76.9 cm³/mol. The quantitative estimate of drug-likeness (QED) is 0.808. The summed E-state index contributed by atoms with van der Waals surface area (Å²) in [7, 11) is -3.41. The van der Waals surface area contributed by atoms with Crippen LogP contribution in [0.15, 0.2) is 24.3 Å². The number of hydrogen-bond acceptors (Lipinski definition) is 4. The summed E-state index contributed by atoms with van der Waals surface area (Å²) in [6.07, 6.45) is 0. The van der Waals surface area contributed by atoms with Crippen molar-refractivity contribution in [2.75, 3.05) is 19.0 Å². The van der Waals surface area contributed by atoms with Gasteiger partial charge in [-0.1, -0.05) is 19.1 Å². The van der Waals surface area contributed by atoms with Gasteiger partial charge in [0.05, 0.1) is 17.9 Å². The smallest absolute Gasteiger partial charge is 0.155 e. The number of nitrogens with zero attached hydrogens (tertiary/aromatic N) is 1. The summed E-state index contributed by atoms with van der Waals surface area (Å²) >= 11 is 0. The van der Waals surface area contributed by atoms with Gasteiger partial charge in [0.2, 0.25) is 0 Å². The highest BCUT2D eigenvalue weighted by Crippen LogP contribution is 2.63. The van der Waals surface area contributed by atoms with Gasteiger partial charge in [-0.25, -0.2) is 12.8 Å². The second-order valence-electron chi connectivity index (χ2n) is 5.19. The summed E-state index contributed by atoms with van der Waals surface area (Å²) in [6.45, 7) is 3.79. The first-order chi connectivity index (χ1) is 9.93. The minimum atomic E-state index is -3.41. The Bertz CT molecular complexity index is 668. The Morgan fingerprint density at radius 1 is 1.43 bits per heavy atom. The molecule has 0 aliphatic heterocycles. The average Bonchev–Trinajstić information content (AvgIpc) is 3.15. The van der Waals surface area contributed by atoms with E-state index < -0.39 is 32.2 Å². The first-order valence-corrected chi connectivity index (χ1v) is 8.60. The fourth-order valence-corrected chi connectivity index (χ4v) is 4.90. The number of rotatable bonds is 6. The van der Waals surface area contributed by atoms with Gasteiger partial charge in [0.1, 0.15) is 11.2 Å². The molecule has 0 spiro atoms. The monoisotopic (exact) mass is 311 g/mol. The van der Waals surface area contributed by atoms with E-state index in [4.69, 9.17) is 4.74 Å². The topological polar surface area (TPSA) is 67.2 Å². The first-order valence-electron chi connectivity index (χ1n) is 6.89. The summed E-state index contributed by atoms with van der Waals surface area (Å²) < 4.78 is 43.3. The van der Waals surface area contributed by atoms with Gasteiger partial charge < -0.3 is 4.74 Å². The second kappa shape index (κ2) is 5.74. The Labute approximate surface area is 124 Å². The van der Waals surface area contributed by atoms with E-state index in [0.717, 1.165) is 0 Å². The van der Waals surface area contributed by atoms with Crippen LogP contribution in [0.4, 0.5) is 4.39 Å². The van der Waals surface area contributed by atoms with E-state index in [1.54, 1.807) is 19.9 Å². The maximum Gasteiger partial charge on any atom is 0.155 e. The zero-order valence-electron chi connectivity index (χ0n) is 12.0. The van der Waals surface area contributed by atoms with Gasteiger partial charge in [-0.05, 0) is 24.6 Å². The van der Waals surface area contributed by atoms with Gasteiger partial charge in [0.15, 0.2) is 9.84 Å². The van der Waals surface area contributed by atoms with Crippen LogP contribution in [0, 0.1) is 22.6 Å². The van der Waals surface area contributed by atoms with Crippen molar-refractivity contribution in [2.24, 2.45) is 5.41 Å². The zero-order chi connectivity index (χ0) is 15.7. The molecule has 0 unspecified atom stereocenters. The normalized spacial score (nSPS) is 28.1. The van der Waals surface area contributed by atoms with E-state index in [1.165, 1.54) is 18.2 Å². The molecule has 0 bridgehead atoms. The summed E-state index contributed by atoms with van der Waals surface area (Å²) in [5.41, 5.74) is -0.572. The molecule has 0 N–H and O–H groups in total.